The molecule has 0 aliphatic carbocycles. The molecule has 2 heterocycles. The van der Waals surface area contributed by atoms with E-state index in [-0.39, 0.29) is 5.78 Å². The maximum absolute atomic E-state index is 12.7. The molecule has 0 saturated carbocycles. The summed E-state index contributed by atoms with van der Waals surface area (Å²) in [6.45, 7) is 1.79. The topological polar surface area (TPSA) is 107 Å². The quantitative estimate of drug-likeness (QED) is 0.475. The third-order valence-electron chi connectivity index (χ3n) is 3.70. The van der Waals surface area contributed by atoms with Crippen LogP contribution in [-0.4, -0.2) is 40.5 Å². The molecule has 0 spiro atoms. The lowest BCUT2D eigenvalue weighted by molar-refractivity contribution is 0.0994. The second-order valence-corrected chi connectivity index (χ2v) is 8.97. The van der Waals surface area contributed by atoms with Gasteiger partial charge in [0.25, 0.3) is 0 Å². The van der Waals surface area contributed by atoms with Gasteiger partial charge in [-0.1, -0.05) is 11.8 Å². The van der Waals surface area contributed by atoms with Crippen molar-refractivity contribution in [1.29, 1.82) is 0 Å². The number of Topliss-reactive ketones (excluding diaryl/α,β-unsaturated/α-hetero) is 1. The standard InChI is InChI=1S/C17H18N4O4S2/c1-11(15(22)12-6-8-13(9-7-12)20-27(3,23)24)26-17-19-18-16(21(17)2)14-5-4-10-25-14/h4-11,20H,1-3H3/t11-/m1/s1. The van der Waals surface area contributed by atoms with E-state index >= 15 is 0 Å². The molecule has 3 aromatic rings. The Bertz CT molecular complexity index is 1040. The van der Waals surface area contributed by atoms with Crippen LogP contribution >= 0.6 is 11.8 Å². The Kier molecular flexibility index (Phi) is 5.38. The molecule has 0 amide bonds. The molecule has 2 aromatic heterocycles. The van der Waals surface area contributed by atoms with Crippen molar-refractivity contribution in [3.63, 3.8) is 0 Å². The van der Waals surface area contributed by atoms with Crippen molar-refractivity contribution in [1.82, 2.24) is 14.8 Å². The van der Waals surface area contributed by atoms with E-state index in [0.29, 0.717) is 28.0 Å². The molecular formula is C17H18N4O4S2. The Morgan fingerprint density at radius 3 is 2.52 bits per heavy atom. The number of nitrogens with zero attached hydrogens (tertiary/aromatic N) is 3. The predicted octanol–water partition coefficient (Wildman–Crippen LogP) is 2.81. The van der Waals surface area contributed by atoms with E-state index in [1.54, 1.807) is 54.2 Å². The lowest BCUT2D eigenvalue weighted by Crippen LogP contribution is -2.15. The van der Waals surface area contributed by atoms with Gasteiger partial charge < -0.3 is 8.98 Å². The SMILES string of the molecule is C[C@@H](Sc1nnc(-c2ccco2)n1C)C(=O)c1ccc(NS(C)(=O)=O)cc1. The highest BCUT2D eigenvalue weighted by Gasteiger charge is 2.21. The average Bonchev–Trinajstić information content (AvgIpc) is 3.24. The summed E-state index contributed by atoms with van der Waals surface area (Å²) < 4.78 is 32.0. The molecule has 0 aliphatic heterocycles. The fourth-order valence-corrected chi connectivity index (χ4v) is 3.86. The van der Waals surface area contributed by atoms with E-state index in [1.807, 2.05) is 7.05 Å². The maximum Gasteiger partial charge on any atom is 0.229 e. The summed E-state index contributed by atoms with van der Waals surface area (Å²) >= 11 is 1.29. The highest BCUT2D eigenvalue weighted by molar-refractivity contribution is 8.00. The zero-order chi connectivity index (χ0) is 19.6. The van der Waals surface area contributed by atoms with Crippen LogP contribution in [0.5, 0.6) is 0 Å². The van der Waals surface area contributed by atoms with Crippen LogP contribution in [0.15, 0.2) is 52.2 Å². The van der Waals surface area contributed by atoms with Crippen molar-refractivity contribution < 1.29 is 17.6 Å². The molecule has 1 N–H and O–H groups in total. The van der Waals surface area contributed by atoms with Crippen molar-refractivity contribution in [2.75, 3.05) is 11.0 Å². The van der Waals surface area contributed by atoms with Gasteiger partial charge >= 0.3 is 0 Å². The van der Waals surface area contributed by atoms with Crippen LogP contribution in [0.3, 0.4) is 0 Å². The number of aromatic nitrogens is 3. The first-order valence-electron chi connectivity index (χ1n) is 7.96. The molecule has 0 fully saturated rings. The van der Waals surface area contributed by atoms with E-state index < -0.39 is 15.3 Å². The van der Waals surface area contributed by atoms with Crippen LogP contribution in [0, 0.1) is 0 Å². The summed E-state index contributed by atoms with van der Waals surface area (Å²) in [4.78, 5) is 12.7. The van der Waals surface area contributed by atoms with Gasteiger partial charge in [0.15, 0.2) is 22.5 Å². The number of carbonyl (C=O) groups is 1. The Balaban J connectivity index is 1.71. The molecule has 1 aromatic carbocycles. The molecule has 0 unspecified atom stereocenters. The summed E-state index contributed by atoms with van der Waals surface area (Å²) in [6.07, 6.45) is 2.63. The monoisotopic (exact) mass is 406 g/mol. The van der Waals surface area contributed by atoms with E-state index in [9.17, 15) is 13.2 Å². The molecule has 10 heteroatoms. The van der Waals surface area contributed by atoms with Crippen molar-refractivity contribution in [3.8, 4) is 11.6 Å². The van der Waals surface area contributed by atoms with Crippen molar-refractivity contribution in [2.24, 2.45) is 7.05 Å². The zero-order valence-corrected chi connectivity index (χ0v) is 16.5. The Labute approximate surface area is 161 Å². The number of nitrogens with one attached hydrogen (secondary N) is 1. The first-order chi connectivity index (χ1) is 12.7. The van der Waals surface area contributed by atoms with Crippen molar-refractivity contribution in [3.05, 3.63) is 48.2 Å². The van der Waals surface area contributed by atoms with Crippen LogP contribution in [0.1, 0.15) is 17.3 Å². The second-order valence-electron chi connectivity index (χ2n) is 5.92. The number of hydrogen-bond donors (Lipinski definition) is 1. The van der Waals surface area contributed by atoms with E-state index in [4.69, 9.17) is 4.42 Å². The van der Waals surface area contributed by atoms with Gasteiger partial charge in [0, 0.05) is 18.3 Å². The van der Waals surface area contributed by atoms with Crippen LogP contribution in [0.4, 0.5) is 5.69 Å². The summed E-state index contributed by atoms with van der Waals surface area (Å²) in [5.74, 6) is 1.09. The minimum atomic E-state index is -3.35. The number of carbonyl (C=O) groups excluding carboxylic acids is 1. The fraction of sp³-hybridized carbons (Fsp3) is 0.235. The lowest BCUT2D eigenvalue weighted by atomic mass is 10.1. The number of rotatable bonds is 7. The average molecular weight is 406 g/mol. The van der Waals surface area contributed by atoms with Crippen LogP contribution in [0.25, 0.3) is 11.6 Å². The highest BCUT2D eigenvalue weighted by atomic mass is 32.2. The van der Waals surface area contributed by atoms with E-state index in [1.165, 1.54) is 11.8 Å². The first kappa shape index (κ1) is 19.2. The molecule has 0 saturated heterocycles. The second kappa shape index (κ2) is 7.57. The molecule has 0 aliphatic rings. The summed E-state index contributed by atoms with van der Waals surface area (Å²) in [6, 6.07) is 9.87. The van der Waals surface area contributed by atoms with Crippen molar-refractivity contribution >= 4 is 33.3 Å². The fourth-order valence-electron chi connectivity index (χ4n) is 2.40. The predicted molar refractivity (Wildman–Crippen MR) is 103 cm³/mol. The Morgan fingerprint density at radius 2 is 1.93 bits per heavy atom. The number of ketones is 1. The minimum Gasteiger partial charge on any atom is -0.461 e. The van der Waals surface area contributed by atoms with Gasteiger partial charge in [-0.2, -0.15) is 0 Å². The normalized spacial score (nSPS) is 12.7. The first-order valence-corrected chi connectivity index (χ1v) is 10.7. The number of benzene rings is 1. The molecule has 142 valence electrons. The van der Waals surface area contributed by atoms with E-state index in [0.717, 1.165) is 6.26 Å². The third-order valence-corrected chi connectivity index (χ3v) is 5.44. The summed E-state index contributed by atoms with van der Waals surface area (Å²) in [5, 5.41) is 8.44. The van der Waals surface area contributed by atoms with Gasteiger partial charge in [0.2, 0.25) is 10.0 Å². The number of furan rings is 1. The van der Waals surface area contributed by atoms with Crippen LogP contribution in [-0.2, 0) is 17.1 Å². The van der Waals surface area contributed by atoms with Gasteiger partial charge in [-0.05, 0) is 43.3 Å². The minimum absolute atomic E-state index is 0.0894. The maximum atomic E-state index is 12.7. The number of thioether (sulfide) groups is 1. The van der Waals surface area contributed by atoms with E-state index in [2.05, 4.69) is 14.9 Å². The van der Waals surface area contributed by atoms with Crippen LogP contribution < -0.4 is 4.72 Å². The van der Waals surface area contributed by atoms with Crippen LogP contribution in [0.2, 0.25) is 0 Å². The molecule has 1 atom stereocenters. The van der Waals surface area contributed by atoms with Gasteiger partial charge in [-0.3, -0.25) is 9.52 Å². The van der Waals surface area contributed by atoms with Crippen molar-refractivity contribution in [2.45, 2.75) is 17.3 Å². The molecule has 8 nitrogen and oxygen atoms in total. The molecule has 0 bridgehead atoms. The highest BCUT2D eigenvalue weighted by Crippen LogP contribution is 2.27. The van der Waals surface area contributed by atoms with Gasteiger partial charge in [0.1, 0.15) is 0 Å². The molecular weight excluding hydrogens is 388 g/mol. The largest absolute Gasteiger partial charge is 0.461 e. The molecule has 27 heavy (non-hydrogen) atoms. The number of anilines is 1. The summed E-state index contributed by atoms with van der Waals surface area (Å²) in [5.41, 5.74) is 0.897. The van der Waals surface area contributed by atoms with Gasteiger partial charge in [-0.15, -0.1) is 10.2 Å². The molecule has 0 radical (unpaired) electrons. The van der Waals surface area contributed by atoms with Gasteiger partial charge in [-0.25, -0.2) is 8.42 Å². The lowest BCUT2D eigenvalue weighted by Gasteiger charge is -2.10. The Morgan fingerprint density at radius 1 is 1.22 bits per heavy atom. The third kappa shape index (κ3) is 4.58. The zero-order valence-electron chi connectivity index (χ0n) is 14.9. The smallest absolute Gasteiger partial charge is 0.229 e. The summed E-state index contributed by atoms with van der Waals surface area (Å²) in [7, 11) is -1.54. The number of hydrogen-bond acceptors (Lipinski definition) is 7. The van der Waals surface area contributed by atoms with Gasteiger partial charge in [0.05, 0.1) is 17.8 Å². The Hall–Kier alpha value is -2.59. The molecule has 3 rings (SSSR count). The number of sulfonamides is 1.